The Bertz CT molecular complexity index is 544. The summed E-state index contributed by atoms with van der Waals surface area (Å²) in [5, 5.41) is 0. The molecular weight excluding hydrogens is 343 g/mol. The first-order valence-electron chi connectivity index (χ1n) is 12.4. The molecule has 0 radical (unpaired) electrons. The lowest BCUT2D eigenvalue weighted by atomic mass is 9.74. The Morgan fingerprint density at radius 3 is 1.93 bits per heavy atom. The highest BCUT2D eigenvalue weighted by Crippen LogP contribution is 2.45. The Morgan fingerprint density at radius 2 is 1.32 bits per heavy atom. The van der Waals surface area contributed by atoms with Crippen molar-refractivity contribution in [2.24, 2.45) is 11.8 Å². The van der Waals surface area contributed by atoms with Crippen LogP contribution in [0.1, 0.15) is 127 Å². The summed E-state index contributed by atoms with van der Waals surface area (Å²) in [6.45, 7) is 4.54. The van der Waals surface area contributed by atoms with Gasteiger partial charge >= 0.3 is 0 Å². The molecule has 2 saturated carbocycles. The molecule has 3 rings (SSSR count). The van der Waals surface area contributed by atoms with E-state index >= 15 is 4.39 Å². The first kappa shape index (κ1) is 21.8. The molecule has 1 heteroatoms. The van der Waals surface area contributed by atoms with Crippen molar-refractivity contribution >= 4 is 0 Å². The van der Waals surface area contributed by atoms with Crippen LogP contribution < -0.4 is 0 Å². The molecule has 2 aliphatic rings. The quantitative estimate of drug-likeness (QED) is 0.371. The van der Waals surface area contributed by atoms with E-state index in [1.807, 2.05) is 0 Å². The second-order valence-corrected chi connectivity index (χ2v) is 9.89. The fraction of sp³-hybridized carbons (Fsp3) is 0.778. The van der Waals surface area contributed by atoms with E-state index in [2.05, 4.69) is 38.1 Å². The summed E-state index contributed by atoms with van der Waals surface area (Å²) in [7, 11) is 0. The maximum absolute atomic E-state index is 15.6. The van der Waals surface area contributed by atoms with Crippen LogP contribution in [0, 0.1) is 11.8 Å². The van der Waals surface area contributed by atoms with Crippen molar-refractivity contribution in [3.8, 4) is 0 Å². The smallest absolute Gasteiger partial charge is 0.136 e. The van der Waals surface area contributed by atoms with E-state index in [0.717, 1.165) is 43.1 Å². The number of benzene rings is 1. The van der Waals surface area contributed by atoms with Gasteiger partial charge in [0.05, 0.1) is 0 Å². The summed E-state index contributed by atoms with van der Waals surface area (Å²) in [5.41, 5.74) is 1.33. The normalized spacial score (nSPS) is 31.0. The van der Waals surface area contributed by atoms with Crippen LogP contribution in [0.2, 0.25) is 0 Å². The molecule has 0 N–H and O–H groups in total. The number of halogens is 1. The largest absolute Gasteiger partial charge is 0.239 e. The first-order valence-corrected chi connectivity index (χ1v) is 12.4. The molecule has 0 saturated heterocycles. The summed E-state index contributed by atoms with van der Waals surface area (Å²) in [6.07, 6.45) is 18.5. The van der Waals surface area contributed by atoms with E-state index in [1.54, 1.807) is 0 Å². The van der Waals surface area contributed by atoms with Crippen molar-refractivity contribution in [2.45, 2.75) is 122 Å². The van der Waals surface area contributed by atoms with Crippen molar-refractivity contribution in [3.05, 3.63) is 35.4 Å². The topological polar surface area (TPSA) is 0 Å². The van der Waals surface area contributed by atoms with Gasteiger partial charge in [0.1, 0.15) is 5.67 Å². The van der Waals surface area contributed by atoms with Crippen LogP contribution in [0.15, 0.2) is 24.3 Å². The van der Waals surface area contributed by atoms with Gasteiger partial charge in [-0.1, -0.05) is 83.1 Å². The Morgan fingerprint density at radius 1 is 0.750 bits per heavy atom. The van der Waals surface area contributed by atoms with Gasteiger partial charge in [0.15, 0.2) is 0 Å². The van der Waals surface area contributed by atoms with Crippen molar-refractivity contribution in [3.63, 3.8) is 0 Å². The minimum Gasteiger partial charge on any atom is -0.239 e. The lowest BCUT2D eigenvalue weighted by Gasteiger charge is -2.35. The van der Waals surface area contributed by atoms with E-state index < -0.39 is 5.67 Å². The maximum Gasteiger partial charge on any atom is 0.136 e. The van der Waals surface area contributed by atoms with Gasteiger partial charge in [-0.25, -0.2) is 4.39 Å². The summed E-state index contributed by atoms with van der Waals surface area (Å²) in [5.74, 6) is 2.42. The predicted octanol–water partition coefficient (Wildman–Crippen LogP) is 9.09. The molecule has 158 valence electrons. The van der Waals surface area contributed by atoms with Gasteiger partial charge in [-0.15, -0.1) is 0 Å². The standard InChI is InChI=1S/C27H43F/c1-3-5-7-9-22-10-12-24(13-11-22)25-14-16-26(17-15-25)27(28)20-18-23(19-21-27)8-6-4-2/h14-17,22-24H,3-13,18-21H2,1-2H3. The van der Waals surface area contributed by atoms with Crippen molar-refractivity contribution < 1.29 is 4.39 Å². The van der Waals surface area contributed by atoms with Gasteiger partial charge in [0.2, 0.25) is 0 Å². The molecule has 0 aliphatic heterocycles. The zero-order chi connectivity index (χ0) is 19.8. The summed E-state index contributed by atoms with van der Waals surface area (Å²) in [6, 6.07) is 8.74. The summed E-state index contributed by atoms with van der Waals surface area (Å²) in [4.78, 5) is 0. The van der Waals surface area contributed by atoms with Crippen LogP contribution in [0.4, 0.5) is 4.39 Å². The number of unbranched alkanes of at least 4 members (excludes halogenated alkanes) is 3. The monoisotopic (exact) mass is 386 g/mol. The molecule has 0 atom stereocenters. The molecule has 1 aromatic carbocycles. The van der Waals surface area contributed by atoms with Crippen LogP contribution in [-0.4, -0.2) is 0 Å². The highest BCUT2D eigenvalue weighted by Gasteiger charge is 2.36. The molecule has 0 heterocycles. The van der Waals surface area contributed by atoms with Gasteiger partial charge in [-0.2, -0.15) is 0 Å². The summed E-state index contributed by atoms with van der Waals surface area (Å²) < 4.78 is 15.6. The van der Waals surface area contributed by atoms with Crippen LogP contribution in [0.3, 0.4) is 0 Å². The van der Waals surface area contributed by atoms with Gasteiger partial charge < -0.3 is 0 Å². The molecule has 2 fully saturated rings. The minimum absolute atomic E-state index is 0.705. The van der Waals surface area contributed by atoms with E-state index in [4.69, 9.17) is 0 Å². The minimum atomic E-state index is -1.07. The Balaban J connectivity index is 1.49. The Kier molecular flexibility index (Phi) is 8.42. The van der Waals surface area contributed by atoms with E-state index in [1.165, 1.54) is 76.2 Å². The molecule has 0 aromatic heterocycles. The Labute approximate surface area is 173 Å². The third-order valence-corrected chi connectivity index (χ3v) is 7.83. The Hall–Kier alpha value is -0.850. The van der Waals surface area contributed by atoms with Crippen LogP contribution in [0.5, 0.6) is 0 Å². The summed E-state index contributed by atoms with van der Waals surface area (Å²) >= 11 is 0. The third kappa shape index (κ3) is 5.83. The number of alkyl halides is 1. The highest BCUT2D eigenvalue weighted by atomic mass is 19.1. The zero-order valence-electron chi connectivity index (χ0n) is 18.5. The number of rotatable bonds is 9. The average Bonchev–Trinajstić information content (AvgIpc) is 2.74. The molecular formula is C27H43F. The van der Waals surface area contributed by atoms with Crippen LogP contribution in [0.25, 0.3) is 0 Å². The van der Waals surface area contributed by atoms with Gasteiger partial charge in [0, 0.05) is 0 Å². The lowest BCUT2D eigenvalue weighted by Crippen LogP contribution is -2.27. The second-order valence-electron chi connectivity index (χ2n) is 9.89. The van der Waals surface area contributed by atoms with Crippen LogP contribution >= 0.6 is 0 Å². The fourth-order valence-electron chi connectivity index (χ4n) is 5.73. The van der Waals surface area contributed by atoms with Crippen LogP contribution in [-0.2, 0) is 5.67 Å². The zero-order valence-corrected chi connectivity index (χ0v) is 18.5. The third-order valence-electron chi connectivity index (χ3n) is 7.83. The van der Waals surface area contributed by atoms with Crippen molar-refractivity contribution in [1.29, 1.82) is 0 Å². The molecule has 1 aromatic rings. The lowest BCUT2D eigenvalue weighted by molar-refractivity contribution is 0.0788. The predicted molar refractivity (Wildman–Crippen MR) is 120 cm³/mol. The molecule has 2 aliphatic carbocycles. The molecule has 0 spiro atoms. The van der Waals surface area contributed by atoms with Gasteiger partial charge in [0.25, 0.3) is 0 Å². The van der Waals surface area contributed by atoms with Crippen molar-refractivity contribution in [1.82, 2.24) is 0 Å². The maximum atomic E-state index is 15.6. The highest BCUT2D eigenvalue weighted by molar-refractivity contribution is 5.30. The SMILES string of the molecule is CCCCCC1CCC(c2ccc(C3(F)CCC(CCCC)CC3)cc2)CC1. The van der Waals surface area contributed by atoms with Gasteiger partial charge in [-0.3, -0.25) is 0 Å². The fourth-order valence-corrected chi connectivity index (χ4v) is 5.73. The van der Waals surface area contributed by atoms with E-state index in [-0.39, 0.29) is 0 Å². The van der Waals surface area contributed by atoms with Gasteiger partial charge in [-0.05, 0) is 80.2 Å². The van der Waals surface area contributed by atoms with E-state index in [9.17, 15) is 0 Å². The number of hydrogen-bond donors (Lipinski definition) is 0. The molecule has 0 nitrogen and oxygen atoms in total. The second kappa shape index (κ2) is 10.8. The van der Waals surface area contributed by atoms with Crippen molar-refractivity contribution in [2.75, 3.05) is 0 Å². The first-order chi connectivity index (χ1) is 13.6. The molecule has 0 bridgehead atoms. The molecule has 28 heavy (non-hydrogen) atoms. The number of hydrogen-bond acceptors (Lipinski definition) is 0. The molecule has 0 amide bonds. The van der Waals surface area contributed by atoms with E-state index in [0.29, 0.717) is 5.92 Å². The average molecular weight is 387 g/mol. The molecule has 0 unspecified atom stereocenters.